The van der Waals surface area contributed by atoms with Crippen LogP contribution in [0, 0.1) is 17.8 Å². The molecule has 0 aliphatic heterocycles. The molecule has 3 atom stereocenters. The first-order valence-electron chi connectivity index (χ1n) is 7.42. The number of hydrogen-bond donors (Lipinski definition) is 1. The lowest BCUT2D eigenvalue weighted by molar-refractivity contribution is 0.0807. The van der Waals surface area contributed by atoms with Crippen molar-refractivity contribution in [3.8, 4) is 0 Å². The average Bonchev–Trinajstić information content (AvgIpc) is 2.34. The van der Waals surface area contributed by atoms with E-state index in [4.69, 9.17) is 4.74 Å². The van der Waals surface area contributed by atoms with Gasteiger partial charge in [0.1, 0.15) is 0 Å². The molecule has 3 unspecified atom stereocenters. The zero-order chi connectivity index (χ0) is 12.7. The van der Waals surface area contributed by atoms with E-state index in [0.717, 1.165) is 31.1 Å². The largest absolute Gasteiger partial charge is 0.381 e. The van der Waals surface area contributed by atoms with Crippen LogP contribution in [0.4, 0.5) is 0 Å². The van der Waals surface area contributed by atoms with Gasteiger partial charge in [-0.25, -0.2) is 0 Å². The Morgan fingerprint density at radius 1 is 1.29 bits per heavy atom. The highest BCUT2D eigenvalue weighted by Gasteiger charge is 2.28. The molecule has 0 aromatic carbocycles. The highest BCUT2D eigenvalue weighted by atomic mass is 16.5. The smallest absolute Gasteiger partial charge is 0.0488 e. The van der Waals surface area contributed by atoms with Crippen LogP contribution < -0.4 is 5.32 Å². The van der Waals surface area contributed by atoms with Crippen molar-refractivity contribution in [1.29, 1.82) is 0 Å². The number of hydrogen-bond acceptors (Lipinski definition) is 2. The third-order valence-corrected chi connectivity index (χ3v) is 4.12. The molecule has 1 N–H and O–H groups in total. The second-order valence-electron chi connectivity index (χ2n) is 6.00. The zero-order valence-corrected chi connectivity index (χ0v) is 12.2. The predicted molar refractivity (Wildman–Crippen MR) is 74.2 cm³/mol. The van der Waals surface area contributed by atoms with Crippen molar-refractivity contribution in [2.45, 2.75) is 58.9 Å². The molecule has 0 radical (unpaired) electrons. The molecule has 0 bridgehead atoms. The molecule has 0 heterocycles. The Kier molecular flexibility index (Phi) is 7.14. The lowest BCUT2D eigenvalue weighted by Crippen LogP contribution is -2.39. The van der Waals surface area contributed by atoms with Gasteiger partial charge in [-0.2, -0.15) is 0 Å². The second-order valence-corrected chi connectivity index (χ2v) is 6.00. The molecular weight excluding hydrogens is 210 g/mol. The maximum absolute atomic E-state index is 5.73. The highest BCUT2D eigenvalue weighted by Crippen LogP contribution is 2.33. The summed E-state index contributed by atoms with van der Waals surface area (Å²) in [6.07, 6.45) is 6.73. The van der Waals surface area contributed by atoms with E-state index in [-0.39, 0.29) is 0 Å². The summed E-state index contributed by atoms with van der Waals surface area (Å²) in [4.78, 5) is 0. The van der Waals surface area contributed by atoms with Gasteiger partial charge in [0, 0.05) is 19.3 Å². The summed E-state index contributed by atoms with van der Waals surface area (Å²) in [5.74, 6) is 2.44. The van der Waals surface area contributed by atoms with Gasteiger partial charge in [0.2, 0.25) is 0 Å². The first-order valence-corrected chi connectivity index (χ1v) is 7.42. The molecule has 17 heavy (non-hydrogen) atoms. The lowest BCUT2D eigenvalue weighted by atomic mass is 9.75. The monoisotopic (exact) mass is 241 g/mol. The quantitative estimate of drug-likeness (QED) is 0.689. The molecule has 0 aromatic rings. The topological polar surface area (TPSA) is 21.3 Å². The number of ether oxygens (including phenoxy) is 1. The maximum Gasteiger partial charge on any atom is 0.0488 e. The fourth-order valence-corrected chi connectivity index (χ4v) is 2.98. The Labute approximate surface area is 108 Å². The molecular formula is C15H31NO. The minimum absolute atomic E-state index is 0.657. The molecule has 0 spiro atoms. The van der Waals surface area contributed by atoms with E-state index >= 15 is 0 Å². The van der Waals surface area contributed by atoms with Crippen LogP contribution in [0.5, 0.6) is 0 Å². The molecule has 0 aromatic heterocycles. The van der Waals surface area contributed by atoms with Crippen molar-refractivity contribution in [3.63, 3.8) is 0 Å². The fourth-order valence-electron chi connectivity index (χ4n) is 2.98. The minimum atomic E-state index is 0.657. The van der Waals surface area contributed by atoms with Crippen LogP contribution in [0.25, 0.3) is 0 Å². The first kappa shape index (κ1) is 15.0. The van der Waals surface area contributed by atoms with Crippen molar-refractivity contribution in [3.05, 3.63) is 0 Å². The Morgan fingerprint density at radius 2 is 2.06 bits per heavy atom. The SMILES string of the molecule is CCC1CCC(NC)C(CCOCC(C)C)C1. The molecule has 0 amide bonds. The van der Waals surface area contributed by atoms with Crippen LogP contribution in [0.1, 0.15) is 52.9 Å². The van der Waals surface area contributed by atoms with Gasteiger partial charge in [0.05, 0.1) is 0 Å². The van der Waals surface area contributed by atoms with E-state index in [1.54, 1.807) is 0 Å². The van der Waals surface area contributed by atoms with Crippen LogP contribution >= 0.6 is 0 Å². The van der Waals surface area contributed by atoms with Gasteiger partial charge in [-0.1, -0.05) is 27.2 Å². The molecule has 1 aliphatic rings. The molecule has 0 saturated heterocycles. The summed E-state index contributed by atoms with van der Waals surface area (Å²) in [5.41, 5.74) is 0. The van der Waals surface area contributed by atoms with Gasteiger partial charge in [-0.3, -0.25) is 0 Å². The van der Waals surface area contributed by atoms with Crippen molar-refractivity contribution >= 4 is 0 Å². The van der Waals surface area contributed by atoms with E-state index in [2.05, 4.69) is 33.1 Å². The van der Waals surface area contributed by atoms with Crippen LogP contribution in [0.3, 0.4) is 0 Å². The summed E-state index contributed by atoms with van der Waals surface area (Å²) >= 11 is 0. The van der Waals surface area contributed by atoms with Crippen LogP contribution in [0.15, 0.2) is 0 Å². The molecule has 2 nitrogen and oxygen atoms in total. The summed E-state index contributed by atoms with van der Waals surface area (Å²) in [5, 5.41) is 3.49. The van der Waals surface area contributed by atoms with Crippen molar-refractivity contribution in [2.75, 3.05) is 20.3 Å². The van der Waals surface area contributed by atoms with Gasteiger partial charge >= 0.3 is 0 Å². The highest BCUT2D eigenvalue weighted by molar-refractivity contribution is 4.83. The molecule has 1 aliphatic carbocycles. The van der Waals surface area contributed by atoms with Crippen LogP contribution in [0.2, 0.25) is 0 Å². The number of nitrogens with one attached hydrogen (secondary N) is 1. The van der Waals surface area contributed by atoms with Gasteiger partial charge in [0.15, 0.2) is 0 Å². The summed E-state index contributed by atoms with van der Waals surface area (Å²) in [6.45, 7) is 8.61. The molecule has 1 fully saturated rings. The van der Waals surface area contributed by atoms with E-state index in [1.807, 2.05) is 0 Å². The molecule has 102 valence electrons. The van der Waals surface area contributed by atoms with Gasteiger partial charge in [-0.05, 0) is 50.5 Å². The fraction of sp³-hybridized carbons (Fsp3) is 1.00. The summed E-state index contributed by atoms with van der Waals surface area (Å²) < 4.78 is 5.73. The van der Waals surface area contributed by atoms with E-state index in [0.29, 0.717) is 5.92 Å². The molecule has 1 rings (SSSR count). The first-order chi connectivity index (χ1) is 8.17. The van der Waals surface area contributed by atoms with Crippen LogP contribution in [-0.4, -0.2) is 26.3 Å². The van der Waals surface area contributed by atoms with Crippen molar-refractivity contribution < 1.29 is 4.74 Å². The van der Waals surface area contributed by atoms with Crippen molar-refractivity contribution in [1.82, 2.24) is 5.32 Å². The normalized spacial score (nSPS) is 29.8. The van der Waals surface area contributed by atoms with Gasteiger partial charge in [-0.15, -0.1) is 0 Å². The van der Waals surface area contributed by atoms with Gasteiger partial charge in [0.25, 0.3) is 0 Å². The Hall–Kier alpha value is -0.0800. The number of rotatable bonds is 7. The van der Waals surface area contributed by atoms with E-state index in [9.17, 15) is 0 Å². The minimum Gasteiger partial charge on any atom is -0.381 e. The summed E-state index contributed by atoms with van der Waals surface area (Å²) in [7, 11) is 2.11. The zero-order valence-electron chi connectivity index (χ0n) is 12.2. The molecule has 1 saturated carbocycles. The predicted octanol–water partition coefficient (Wildman–Crippen LogP) is 3.46. The van der Waals surface area contributed by atoms with Gasteiger partial charge < -0.3 is 10.1 Å². The Balaban J connectivity index is 2.26. The second kappa shape index (κ2) is 8.10. The van der Waals surface area contributed by atoms with Crippen LogP contribution in [-0.2, 0) is 4.74 Å². The molecule has 2 heteroatoms. The lowest BCUT2D eigenvalue weighted by Gasteiger charge is -2.36. The third kappa shape index (κ3) is 5.39. The standard InChI is InChI=1S/C15H31NO/c1-5-13-6-7-15(16-4)14(10-13)8-9-17-11-12(2)3/h12-16H,5-11H2,1-4H3. The Bertz CT molecular complexity index is 193. The maximum atomic E-state index is 5.73. The van der Waals surface area contributed by atoms with E-state index in [1.165, 1.54) is 32.1 Å². The van der Waals surface area contributed by atoms with E-state index < -0.39 is 0 Å². The summed E-state index contributed by atoms with van der Waals surface area (Å²) in [6, 6.07) is 0.723. The van der Waals surface area contributed by atoms with Crippen molar-refractivity contribution in [2.24, 2.45) is 17.8 Å². The Morgan fingerprint density at radius 3 is 2.65 bits per heavy atom. The average molecular weight is 241 g/mol. The third-order valence-electron chi connectivity index (χ3n) is 4.12.